The Morgan fingerprint density at radius 1 is 1.07 bits per heavy atom. The molecule has 0 fully saturated rings. The zero-order valence-corrected chi connectivity index (χ0v) is 24.1. The highest BCUT2D eigenvalue weighted by Gasteiger charge is 2.33. The van der Waals surface area contributed by atoms with Crippen molar-refractivity contribution in [2.45, 2.75) is 26.5 Å². The van der Waals surface area contributed by atoms with Crippen molar-refractivity contribution in [3.8, 4) is 23.0 Å². The smallest absolute Gasteiger partial charge is 0.338 e. The van der Waals surface area contributed by atoms with Crippen molar-refractivity contribution in [2.24, 2.45) is 4.99 Å². The van der Waals surface area contributed by atoms with E-state index in [0.717, 1.165) is 16.7 Å². The maximum atomic E-state index is 13.8. The fourth-order valence-electron chi connectivity index (χ4n) is 4.98. The van der Waals surface area contributed by atoms with Gasteiger partial charge in [-0.1, -0.05) is 53.8 Å². The lowest BCUT2D eigenvalue weighted by atomic mass is 9.96. The van der Waals surface area contributed by atoms with E-state index in [1.807, 2.05) is 66.7 Å². The Bertz CT molecular complexity index is 1870. The first kappa shape index (κ1) is 27.3. The minimum Gasteiger partial charge on any atom is -0.493 e. The molecule has 9 nitrogen and oxygen atoms in total. The third-order valence-corrected chi connectivity index (χ3v) is 7.93. The summed E-state index contributed by atoms with van der Waals surface area (Å²) in [5, 5.41) is 0. The van der Waals surface area contributed by atoms with Crippen LogP contribution >= 0.6 is 11.3 Å². The summed E-state index contributed by atoms with van der Waals surface area (Å²) in [7, 11) is 1.57. The second-order valence-corrected chi connectivity index (χ2v) is 10.6. The predicted molar refractivity (Wildman–Crippen MR) is 157 cm³/mol. The number of hydrogen-bond donors (Lipinski definition) is 0. The molecule has 0 unspecified atom stereocenters. The number of benzene rings is 3. The van der Waals surface area contributed by atoms with Crippen LogP contribution in [0.5, 0.6) is 23.0 Å². The van der Waals surface area contributed by atoms with Gasteiger partial charge in [0.15, 0.2) is 27.8 Å². The molecule has 0 spiro atoms. The van der Waals surface area contributed by atoms with Crippen LogP contribution in [0.25, 0.3) is 6.08 Å². The zero-order chi connectivity index (χ0) is 29.2. The Labute approximate surface area is 245 Å². The molecule has 10 heteroatoms. The summed E-state index contributed by atoms with van der Waals surface area (Å²) in [5.74, 6) is 2.02. The number of hydrogen-bond acceptors (Lipinski definition) is 9. The quantitative estimate of drug-likeness (QED) is 0.288. The van der Waals surface area contributed by atoms with Gasteiger partial charge in [-0.15, -0.1) is 0 Å². The van der Waals surface area contributed by atoms with E-state index < -0.39 is 12.0 Å². The topological polar surface area (TPSA) is 97.6 Å². The second kappa shape index (κ2) is 11.6. The molecule has 214 valence electrons. The summed E-state index contributed by atoms with van der Waals surface area (Å²) in [6.07, 6.45) is 1.79. The van der Waals surface area contributed by atoms with E-state index in [-0.39, 0.29) is 19.0 Å². The van der Waals surface area contributed by atoms with E-state index in [2.05, 4.69) is 4.99 Å². The highest BCUT2D eigenvalue weighted by molar-refractivity contribution is 7.07. The Morgan fingerprint density at radius 3 is 2.67 bits per heavy atom. The maximum Gasteiger partial charge on any atom is 0.338 e. The van der Waals surface area contributed by atoms with Gasteiger partial charge < -0.3 is 23.7 Å². The molecule has 0 amide bonds. The number of nitrogens with zero attached hydrogens (tertiary/aromatic N) is 2. The fraction of sp³-hybridized carbons (Fsp3) is 0.219. The molecular formula is C32H28N2O7S. The molecule has 0 saturated carbocycles. The van der Waals surface area contributed by atoms with Crippen LogP contribution in [-0.4, -0.2) is 31.0 Å². The van der Waals surface area contributed by atoms with Crippen LogP contribution in [0.3, 0.4) is 0 Å². The van der Waals surface area contributed by atoms with Crippen LogP contribution in [0, 0.1) is 0 Å². The number of ether oxygens (including phenoxy) is 5. The van der Waals surface area contributed by atoms with Crippen LogP contribution in [0.4, 0.5) is 0 Å². The number of thiazole rings is 1. The maximum absolute atomic E-state index is 13.8. The van der Waals surface area contributed by atoms with Crippen molar-refractivity contribution in [2.75, 3.05) is 20.5 Å². The number of carbonyl (C=O) groups is 1. The van der Waals surface area contributed by atoms with Gasteiger partial charge in [0.05, 0.1) is 35.6 Å². The van der Waals surface area contributed by atoms with Gasteiger partial charge in [-0.25, -0.2) is 9.79 Å². The monoisotopic (exact) mass is 584 g/mol. The van der Waals surface area contributed by atoms with Gasteiger partial charge in [0, 0.05) is 0 Å². The SMILES string of the molecule is CCOC(=O)C1=C(C)N=c2s/c(=C\c3ccc(OCc4ccc5c(c4)OCO5)c(OC)c3)c(=O)n2[C@@H]1c1ccccc1. The van der Waals surface area contributed by atoms with Crippen molar-refractivity contribution in [1.29, 1.82) is 0 Å². The van der Waals surface area contributed by atoms with E-state index in [1.54, 1.807) is 31.6 Å². The molecule has 6 rings (SSSR count). The average Bonchev–Trinajstić information content (AvgIpc) is 3.59. The van der Waals surface area contributed by atoms with Gasteiger partial charge in [0.25, 0.3) is 5.56 Å². The summed E-state index contributed by atoms with van der Waals surface area (Å²) in [6.45, 7) is 4.27. The number of aromatic nitrogens is 1. The summed E-state index contributed by atoms with van der Waals surface area (Å²) in [4.78, 5) is 32.0. The number of carbonyl (C=O) groups excluding carboxylic acids is 1. The van der Waals surface area contributed by atoms with Gasteiger partial charge in [-0.3, -0.25) is 9.36 Å². The molecule has 0 aliphatic carbocycles. The summed E-state index contributed by atoms with van der Waals surface area (Å²) >= 11 is 1.27. The molecule has 2 aliphatic heterocycles. The van der Waals surface area contributed by atoms with Crippen LogP contribution in [0.2, 0.25) is 0 Å². The largest absolute Gasteiger partial charge is 0.493 e. The van der Waals surface area contributed by atoms with E-state index >= 15 is 0 Å². The fourth-order valence-corrected chi connectivity index (χ4v) is 6.03. The predicted octanol–water partition coefficient (Wildman–Crippen LogP) is 4.11. The van der Waals surface area contributed by atoms with E-state index in [1.165, 1.54) is 11.3 Å². The molecule has 0 N–H and O–H groups in total. The molecule has 3 heterocycles. The lowest BCUT2D eigenvalue weighted by molar-refractivity contribution is -0.139. The van der Waals surface area contributed by atoms with Gasteiger partial charge in [-0.05, 0) is 60.9 Å². The molecule has 1 atom stereocenters. The molecule has 3 aromatic carbocycles. The number of allylic oxidation sites excluding steroid dienone is 1. The first-order valence-electron chi connectivity index (χ1n) is 13.4. The minimum absolute atomic E-state index is 0.214. The molecule has 1 aromatic heterocycles. The summed E-state index contributed by atoms with van der Waals surface area (Å²) in [5.41, 5.74) is 3.12. The normalized spacial score (nSPS) is 15.7. The number of methoxy groups -OCH3 is 1. The number of esters is 1. The van der Waals surface area contributed by atoms with Gasteiger partial charge in [0.1, 0.15) is 6.61 Å². The zero-order valence-electron chi connectivity index (χ0n) is 23.3. The Morgan fingerprint density at radius 2 is 1.88 bits per heavy atom. The minimum atomic E-state index is -0.648. The van der Waals surface area contributed by atoms with Crippen LogP contribution in [0.1, 0.15) is 36.6 Å². The first-order valence-corrected chi connectivity index (χ1v) is 14.2. The number of fused-ring (bicyclic) bond motifs is 2. The highest BCUT2D eigenvalue weighted by Crippen LogP contribution is 2.34. The van der Waals surface area contributed by atoms with Crippen molar-refractivity contribution in [1.82, 2.24) is 4.57 Å². The Balaban J connectivity index is 1.33. The van der Waals surface area contributed by atoms with E-state index in [0.29, 0.717) is 50.2 Å². The van der Waals surface area contributed by atoms with Gasteiger partial charge in [0.2, 0.25) is 6.79 Å². The van der Waals surface area contributed by atoms with Crippen molar-refractivity contribution < 1.29 is 28.5 Å². The van der Waals surface area contributed by atoms with Crippen LogP contribution in [0.15, 0.2) is 87.8 Å². The third kappa shape index (κ3) is 5.16. The van der Waals surface area contributed by atoms with Gasteiger partial charge >= 0.3 is 5.97 Å². The summed E-state index contributed by atoms with van der Waals surface area (Å²) in [6, 6.07) is 20.0. The van der Waals surface area contributed by atoms with Gasteiger partial charge in [-0.2, -0.15) is 0 Å². The molecule has 2 aliphatic rings. The molecule has 0 radical (unpaired) electrons. The van der Waals surface area contributed by atoms with Crippen LogP contribution < -0.4 is 33.8 Å². The lowest BCUT2D eigenvalue weighted by Crippen LogP contribution is -2.39. The average molecular weight is 585 g/mol. The Kier molecular flexibility index (Phi) is 7.54. The first-order chi connectivity index (χ1) is 20.5. The summed E-state index contributed by atoms with van der Waals surface area (Å²) < 4.78 is 29.9. The van der Waals surface area contributed by atoms with Crippen molar-refractivity contribution in [3.63, 3.8) is 0 Å². The highest BCUT2D eigenvalue weighted by atomic mass is 32.1. The molecule has 0 saturated heterocycles. The van der Waals surface area contributed by atoms with Crippen molar-refractivity contribution in [3.05, 3.63) is 114 Å². The molecule has 4 aromatic rings. The van der Waals surface area contributed by atoms with Crippen LogP contribution in [-0.2, 0) is 16.1 Å². The molecule has 42 heavy (non-hydrogen) atoms. The second-order valence-electron chi connectivity index (χ2n) is 9.60. The van der Waals surface area contributed by atoms with E-state index in [4.69, 9.17) is 23.7 Å². The lowest BCUT2D eigenvalue weighted by Gasteiger charge is -2.24. The van der Waals surface area contributed by atoms with E-state index in [9.17, 15) is 9.59 Å². The number of rotatable bonds is 8. The molecule has 0 bridgehead atoms. The Hall–Kier alpha value is -4.83. The standard InChI is InChI=1S/C32H28N2O7S/c1-4-38-31(36)28-19(2)33-32-34(29(28)22-8-6-5-7-9-22)30(35)27(42-32)16-20-10-12-23(25(14-20)37-3)39-17-21-11-13-24-26(15-21)41-18-40-24/h5-16,29H,4,17-18H2,1-3H3/b27-16-/t29-/m1/s1. The molecular weight excluding hydrogens is 556 g/mol. The third-order valence-electron chi connectivity index (χ3n) is 6.95. The van der Waals surface area contributed by atoms with Crippen molar-refractivity contribution >= 4 is 23.4 Å².